The van der Waals surface area contributed by atoms with Crippen molar-refractivity contribution in [3.05, 3.63) is 28.8 Å². The highest BCUT2D eigenvalue weighted by molar-refractivity contribution is 6.31. The number of hydrogen-bond donors (Lipinski definition) is 1. The van der Waals surface area contributed by atoms with Crippen molar-refractivity contribution in [2.45, 2.75) is 39.2 Å². The van der Waals surface area contributed by atoms with Crippen LogP contribution in [-0.2, 0) is 14.3 Å². The van der Waals surface area contributed by atoms with Gasteiger partial charge in [0.05, 0.1) is 6.10 Å². The van der Waals surface area contributed by atoms with Crippen LogP contribution in [0.2, 0.25) is 5.02 Å². The van der Waals surface area contributed by atoms with E-state index >= 15 is 0 Å². The summed E-state index contributed by atoms with van der Waals surface area (Å²) in [5.41, 5.74) is 1.63. The molecule has 2 amide bonds. The number of rotatable bonds is 6. The minimum Gasteiger partial charge on any atom is -0.376 e. The number of nitrogens with one attached hydrogen (secondary N) is 1. The first kappa shape index (κ1) is 17.8. The van der Waals surface area contributed by atoms with Crippen molar-refractivity contribution in [3.8, 4) is 0 Å². The quantitative estimate of drug-likeness (QED) is 0.867. The second kappa shape index (κ2) is 8.31. The monoisotopic (exact) mass is 338 g/mol. The van der Waals surface area contributed by atoms with Crippen LogP contribution in [-0.4, -0.2) is 42.5 Å². The van der Waals surface area contributed by atoms with Crippen molar-refractivity contribution >= 4 is 29.1 Å². The summed E-state index contributed by atoms with van der Waals surface area (Å²) in [5, 5.41) is 3.42. The molecule has 0 bridgehead atoms. The molecule has 0 aliphatic carbocycles. The number of benzene rings is 1. The lowest BCUT2D eigenvalue weighted by molar-refractivity contribution is -0.130. The standard InChI is InChI=1S/C17H23ClN2O3/c1-12-5-6-14(10-16(12)18)19-17(22)7-8-20(13(2)21)11-15-4-3-9-23-15/h5-6,10,15H,3-4,7-9,11H2,1-2H3,(H,19,22). The molecule has 1 unspecified atom stereocenters. The largest absolute Gasteiger partial charge is 0.376 e. The summed E-state index contributed by atoms with van der Waals surface area (Å²) >= 11 is 6.04. The summed E-state index contributed by atoms with van der Waals surface area (Å²) < 4.78 is 5.55. The molecule has 6 heteroatoms. The fourth-order valence-electron chi connectivity index (χ4n) is 2.54. The molecule has 126 valence electrons. The molecular formula is C17H23ClN2O3. The van der Waals surface area contributed by atoms with Gasteiger partial charge in [0.2, 0.25) is 11.8 Å². The number of anilines is 1. The van der Waals surface area contributed by atoms with Gasteiger partial charge in [-0.1, -0.05) is 17.7 Å². The van der Waals surface area contributed by atoms with Gasteiger partial charge in [-0.05, 0) is 37.5 Å². The third-order valence-electron chi connectivity index (χ3n) is 3.96. The molecule has 1 aromatic rings. The van der Waals surface area contributed by atoms with E-state index in [0.717, 1.165) is 25.0 Å². The predicted octanol–water partition coefficient (Wildman–Crippen LogP) is 3.00. The van der Waals surface area contributed by atoms with Crippen LogP contribution in [0.3, 0.4) is 0 Å². The Morgan fingerprint density at radius 1 is 1.43 bits per heavy atom. The summed E-state index contributed by atoms with van der Waals surface area (Å²) in [6, 6.07) is 5.40. The van der Waals surface area contributed by atoms with E-state index < -0.39 is 0 Å². The van der Waals surface area contributed by atoms with Crippen LogP contribution < -0.4 is 5.32 Å². The molecule has 1 heterocycles. The Morgan fingerprint density at radius 3 is 2.83 bits per heavy atom. The lowest BCUT2D eigenvalue weighted by Crippen LogP contribution is -2.37. The minimum atomic E-state index is -0.136. The van der Waals surface area contributed by atoms with E-state index in [0.29, 0.717) is 23.8 Å². The third kappa shape index (κ3) is 5.52. The topological polar surface area (TPSA) is 58.6 Å². The van der Waals surface area contributed by atoms with E-state index in [1.54, 1.807) is 11.0 Å². The number of halogens is 1. The van der Waals surface area contributed by atoms with Gasteiger partial charge in [0.15, 0.2) is 0 Å². The van der Waals surface area contributed by atoms with Gasteiger partial charge in [-0.25, -0.2) is 0 Å². The van der Waals surface area contributed by atoms with Gasteiger partial charge in [-0.2, -0.15) is 0 Å². The maximum absolute atomic E-state index is 12.0. The Kier molecular flexibility index (Phi) is 6.42. The number of aryl methyl sites for hydroxylation is 1. The third-order valence-corrected chi connectivity index (χ3v) is 4.36. The van der Waals surface area contributed by atoms with Gasteiger partial charge in [0, 0.05) is 43.8 Å². The molecule has 0 radical (unpaired) electrons. The molecule has 5 nitrogen and oxygen atoms in total. The molecule has 1 saturated heterocycles. The van der Waals surface area contributed by atoms with Crippen molar-refractivity contribution in [1.29, 1.82) is 0 Å². The molecular weight excluding hydrogens is 316 g/mol. The van der Waals surface area contributed by atoms with Crippen molar-refractivity contribution in [2.24, 2.45) is 0 Å². The fraction of sp³-hybridized carbons (Fsp3) is 0.529. The van der Waals surface area contributed by atoms with E-state index in [-0.39, 0.29) is 24.3 Å². The summed E-state index contributed by atoms with van der Waals surface area (Å²) in [5.74, 6) is -0.171. The summed E-state index contributed by atoms with van der Waals surface area (Å²) in [4.78, 5) is 25.4. The van der Waals surface area contributed by atoms with Crippen molar-refractivity contribution in [2.75, 3.05) is 25.0 Å². The highest BCUT2D eigenvalue weighted by Crippen LogP contribution is 2.20. The number of ether oxygens (including phenoxy) is 1. The van der Waals surface area contributed by atoms with Crippen LogP contribution >= 0.6 is 11.6 Å². The molecule has 1 N–H and O–H groups in total. The van der Waals surface area contributed by atoms with E-state index in [4.69, 9.17) is 16.3 Å². The zero-order chi connectivity index (χ0) is 16.8. The first-order chi connectivity index (χ1) is 11.0. The van der Waals surface area contributed by atoms with Crippen molar-refractivity contribution < 1.29 is 14.3 Å². The average Bonchev–Trinajstić information content (AvgIpc) is 3.00. The zero-order valence-electron chi connectivity index (χ0n) is 13.6. The summed E-state index contributed by atoms with van der Waals surface area (Å²) in [7, 11) is 0. The van der Waals surface area contributed by atoms with Crippen LogP contribution in [0.5, 0.6) is 0 Å². The maximum Gasteiger partial charge on any atom is 0.226 e. The number of amides is 2. The molecule has 1 fully saturated rings. The number of hydrogen-bond acceptors (Lipinski definition) is 3. The molecule has 23 heavy (non-hydrogen) atoms. The van der Waals surface area contributed by atoms with Gasteiger partial charge in [-0.15, -0.1) is 0 Å². The Hall–Kier alpha value is -1.59. The lowest BCUT2D eigenvalue weighted by atomic mass is 10.2. The Morgan fingerprint density at radius 2 is 2.22 bits per heavy atom. The maximum atomic E-state index is 12.0. The van der Waals surface area contributed by atoms with Crippen molar-refractivity contribution in [3.63, 3.8) is 0 Å². The molecule has 1 atom stereocenters. The predicted molar refractivity (Wildman–Crippen MR) is 90.7 cm³/mol. The van der Waals surface area contributed by atoms with Crippen molar-refractivity contribution in [1.82, 2.24) is 4.90 Å². The smallest absolute Gasteiger partial charge is 0.226 e. The average molecular weight is 339 g/mol. The van der Waals surface area contributed by atoms with Crippen LogP contribution in [0.25, 0.3) is 0 Å². The van der Waals surface area contributed by atoms with Crippen LogP contribution in [0.4, 0.5) is 5.69 Å². The molecule has 2 rings (SSSR count). The molecule has 1 aliphatic rings. The second-order valence-corrected chi connectivity index (χ2v) is 6.27. The summed E-state index contributed by atoms with van der Waals surface area (Å²) in [6.07, 6.45) is 2.35. The van der Waals surface area contributed by atoms with Gasteiger partial charge in [0.1, 0.15) is 0 Å². The molecule has 0 spiro atoms. The Labute approximate surface area is 141 Å². The van der Waals surface area contributed by atoms with Gasteiger partial charge in [0.25, 0.3) is 0 Å². The van der Waals surface area contributed by atoms with Gasteiger partial charge >= 0.3 is 0 Å². The number of carbonyl (C=O) groups is 2. The highest BCUT2D eigenvalue weighted by atomic mass is 35.5. The molecule has 1 aromatic carbocycles. The van der Waals surface area contributed by atoms with Crippen LogP contribution in [0.1, 0.15) is 31.7 Å². The first-order valence-corrected chi connectivity index (χ1v) is 8.26. The molecule has 0 aromatic heterocycles. The molecule has 0 saturated carbocycles. The zero-order valence-corrected chi connectivity index (χ0v) is 14.4. The van der Waals surface area contributed by atoms with E-state index in [1.165, 1.54) is 6.92 Å². The van der Waals surface area contributed by atoms with Crippen LogP contribution in [0, 0.1) is 6.92 Å². The number of carbonyl (C=O) groups excluding carboxylic acids is 2. The van der Waals surface area contributed by atoms with Gasteiger partial charge < -0.3 is 15.0 Å². The normalized spacial score (nSPS) is 17.1. The second-order valence-electron chi connectivity index (χ2n) is 5.86. The van der Waals surface area contributed by atoms with Crippen LogP contribution in [0.15, 0.2) is 18.2 Å². The summed E-state index contributed by atoms with van der Waals surface area (Å²) in [6.45, 7) is 5.13. The minimum absolute atomic E-state index is 0.0355. The number of nitrogens with zero attached hydrogens (tertiary/aromatic N) is 1. The lowest BCUT2D eigenvalue weighted by Gasteiger charge is -2.23. The molecule has 1 aliphatic heterocycles. The first-order valence-electron chi connectivity index (χ1n) is 7.89. The highest BCUT2D eigenvalue weighted by Gasteiger charge is 2.21. The Bertz CT molecular complexity index is 571. The van der Waals surface area contributed by atoms with Gasteiger partial charge in [-0.3, -0.25) is 9.59 Å². The van der Waals surface area contributed by atoms with E-state index in [9.17, 15) is 9.59 Å². The van der Waals surface area contributed by atoms with E-state index in [1.807, 2.05) is 19.1 Å². The Balaban J connectivity index is 1.83. The fourth-order valence-corrected chi connectivity index (χ4v) is 2.72. The SMILES string of the molecule is CC(=O)N(CCC(=O)Nc1ccc(C)c(Cl)c1)CC1CCCO1. The van der Waals surface area contributed by atoms with E-state index in [2.05, 4.69) is 5.32 Å².